The third-order valence-corrected chi connectivity index (χ3v) is 1.77. The van der Waals surface area contributed by atoms with E-state index in [0.29, 0.717) is 3.97 Å². The monoisotopic (exact) mass is 212 g/mol. The highest BCUT2D eigenvalue weighted by Crippen LogP contribution is 2.25. The Kier molecular flexibility index (Phi) is 3.18. The molecule has 0 aromatic carbocycles. The smallest absolute Gasteiger partial charge is 0.312 e. The third-order valence-electron chi connectivity index (χ3n) is 1.20. The number of halogens is 2. The number of hydrogen-bond donors (Lipinski definition) is 0. The highest BCUT2D eigenvalue weighted by atomic mass is 32.2. The molecule has 5 nitrogen and oxygen atoms in total. The zero-order chi connectivity index (χ0) is 9.84. The number of rotatable bonds is 4. The van der Waals surface area contributed by atoms with Crippen LogP contribution >= 0.6 is 0 Å². The van der Waals surface area contributed by atoms with Crippen LogP contribution in [0.25, 0.3) is 0 Å². The quantitative estimate of drug-likeness (QED) is 0.685. The molecular weight excluding hydrogens is 206 g/mol. The lowest BCUT2D eigenvalue weighted by Crippen LogP contribution is -2.02. The maximum atomic E-state index is 12.3. The lowest BCUT2D eigenvalue weighted by molar-refractivity contribution is 0.176. The van der Waals surface area contributed by atoms with Gasteiger partial charge in [0.2, 0.25) is 6.86 Å². The molecule has 0 spiro atoms. The number of ether oxygens (including phenoxy) is 2. The van der Waals surface area contributed by atoms with E-state index in [1.54, 1.807) is 0 Å². The summed E-state index contributed by atoms with van der Waals surface area (Å²) < 4.78 is 43.9. The van der Waals surface area contributed by atoms with E-state index in [2.05, 4.69) is 14.5 Å². The van der Waals surface area contributed by atoms with Gasteiger partial charge in [0.1, 0.15) is 6.33 Å². The summed E-state index contributed by atoms with van der Waals surface area (Å²) in [6.07, 6.45) is 0.889. The molecule has 8 heteroatoms. The molecule has 0 aliphatic rings. The van der Waals surface area contributed by atoms with Crippen molar-refractivity contribution in [3.05, 3.63) is 6.33 Å². The van der Waals surface area contributed by atoms with Crippen LogP contribution in [0.1, 0.15) is 0 Å². The minimum atomic E-state index is -2.84. The van der Waals surface area contributed by atoms with Crippen LogP contribution < -0.4 is 9.47 Å². The second-order valence-corrected chi connectivity index (χ2v) is 2.65. The molecule has 1 atom stereocenters. The Morgan fingerprint density at radius 1 is 1.77 bits per heavy atom. The van der Waals surface area contributed by atoms with Gasteiger partial charge in [0.15, 0.2) is 0 Å². The second kappa shape index (κ2) is 4.17. The van der Waals surface area contributed by atoms with Crippen molar-refractivity contribution in [2.45, 2.75) is 0 Å². The molecule has 0 aliphatic carbocycles. The first-order chi connectivity index (χ1) is 6.20. The normalized spacial score (nSPS) is 12.5. The van der Waals surface area contributed by atoms with Gasteiger partial charge in [0.05, 0.1) is 7.11 Å². The molecule has 1 aromatic rings. The van der Waals surface area contributed by atoms with E-state index in [1.165, 1.54) is 7.11 Å². The van der Waals surface area contributed by atoms with E-state index in [-0.39, 0.29) is 11.8 Å². The summed E-state index contributed by atoms with van der Waals surface area (Å²) in [5, 5.41) is 0. The minimum Gasteiger partial charge on any atom is -0.477 e. The fourth-order valence-electron chi connectivity index (χ4n) is 0.726. The van der Waals surface area contributed by atoms with Gasteiger partial charge in [-0.15, -0.1) is 3.89 Å². The number of methoxy groups -OCH3 is 1. The fraction of sp³-hybridized carbons (Fsp3) is 0.400. The average Bonchev–Trinajstić information content (AvgIpc) is 2.48. The first kappa shape index (κ1) is 9.90. The van der Waals surface area contributed by atoms with Crippen molar-refractivity contribution in [3.63, 3.8) is 0 Å². The summed E-state index contributed by atoms with van der Waals surface area (Å²) in [5.41, 5.74) is 0. The molecule has 1 rings (SSSR count). The van der Waals surface area contributed by atoms with Gasteiger partial charge in [0, 0.05) is 0 Å². The van der Waals surface area contributed by atoms with Crippen molar-refractivity contribution in [3.8, 4) is 11.8 Å². The summed E-state index contributed by atoms with van der Waals surface area (Å²) in [5.74, 6) is -0.463. The molecular formula is C5H6F2N2O3S. The minimum absolute atomic E-state index is 0.122. The topological polar surface area (TPSA) is 53.4 Å². The Balaban J connectivity index is 3.06. The van der Waals surface area contributed by atoms with Crippen LogP contribution in [-0.4, -0.2) is 27.1 Å². The number of imidazole rings is 1. The number of alkyl halides is 1. The van der Waals surface area contributed by atoms with Crippen molar-refractivity contribution in [1.29, 1.82) is 0 Å². The van der Waals surface area contributed by atoms with Gasteiger partial charge in [-0.1, -0.05) is 0 Å². The Bertz CT molecular complexity index is 317. The van der Waals surface area contributed by atoms with E-state index < -0.39 is 18.2 Å². The van der Waals surface area contributed by atoms with Crippen LogP contribution in [0.5, 0.6) is 11.8 Å². The molecule has 0 N–H and O–H groups in total. The molecule has 0 saturated carbocycles. The van der Waals surface area contributed by atoms with Crippen molar-refractivity contribution in [1.82, 2.24) is 8.96 Å². The van der Waals surface area contributed by atoms with E-state index in [9.17, 15) is 12.5 Å². The van der Waals surface area contributed by atoms with Crippen LogP contribution in [0.15, 0.2) is 6.33 Å². The molecule has 0 radical (unpaired) electrons. The average molecular weight is 212 g/mol. The van der Waals surface area contributed by atoms with Crippen molar-refractivity contribution < 1.29 is 22.0 Å². The molecule has 13 heavy (non-hydrogen) atoms. The van der Waals surface area contributed by atoms with E-state index in [4.69, 9.17) is 0 Å². The predicted octanol–water partition coefficient (Wildman–Crippen LogP) is 0.594. The molecule has 1 aromatic heterocycles. The standard InChI is InChI=1S/C5H6F2N2O3S/c1-11-4-5(12-2-6)9(3-8-4)13(7)10/h3H,2H2,1H3. The van der Waals surface area contributed by atoms with Crippen LogP contribution in [0, 0.1) is 0 Å². The highest BCUT2D eigenvalue weighted by Gasteiger charge is 2.17. The van der Waals surface area contributed by atoms with Crippen molar-refractivity contribution in [2.75, 3.05) is 14.0 Å². The highest BCUT2D eigenvalue weighted by molar-refractivity contribution is 7.78. The molecule has 0 saturated heterocycles. The largest absolute Gasteiger partial charge is 0.477 e. The van der Waals surface area contributed by atoms with Gasteiger partial charge >= 0.3 is 11.4 Å². The number of aromatic nitrogens is 2. The SMILES string of the molecule is COc1ncn(S(=O)F)c1OCF. The molecule has 1 heterocycles. The fourth-order valence-corrected chi connectivity index (χ4v) is 1.11. The molecule has 0 bridgehead atoms. The Morgan fingerprint density at radius 3 is 2.92 bits per heavy atom. The molecule has 1 unspecified atom stereocenters. The third kappa shape index (κ3) is 1.94. The Hall–Kier alpha value is -1.18. The zero-order valence-electron chi connectivity index (χ0n) is 6.57. The molecule has 0 amide bonds. The van der Waals surface area contributed by atoms with Gasteiger partial charge < -0.3 is 9.47 Å². The second-order valence-electron chi connectivity index (χ2n) is 1.84. The molecule has 0 aliphatic heterocycles. The van der Waals surface area contributed by atoms with Gasteiger partial charge in [-0.3, -0.25) is 0 Å². The van der Waals surface area contributed by atoms with Gasteiger partial charge in [-0.25, -0.2) is 4.39 Å². The summed E-state index contributed by atoms with van der Waals surface area (Å²) in [7, 11) is 1.25. The predicted molar refractivity (Wildman–Crippen MR) is 40.0 cm³/mol. The van der Waals surface area contributed by atoms with Crippen molar-refractivity contribution >= 4 is 11.4 Å². The Labute approximate surface area is 75.2 Å². The first-order valence-electron chi connectivity index (χ1n) is 3.09. The van der Waals surface area contributed by atoms with Crippen LogP contribution in [0.2, 0.25) is 0 Å². The van der Waals surface area contributed by atoms with Crippen LogP contribution in [-0.2, 0) is 11.4 Å². The van der Waals surface area contributed by atoms with Crippen LogP contribution in [0.4, 0.5) is 8.28 Å². The lowest BCUT2D eigenvalue weighted by Gasteiger charge is -2.02. The van der Waals surface area contributed by atoms with Crippen LogP contribution in [0.3, 0.4) is 0 Å². The van der Waals surface area contributed by atoms with E-state index in [0.717, 1.165) is 6.33 Å². The van der Waals surface area contributed by atoms with Gasteiger partial charge in [0.25, 0.3) is 11.8 Å². The molecule has 74 valence electrons. The van der Waals surface area contributed by atoms with Gasteiger partial charge in [-0.2, -0.15) is 13.2 Å². The lowest BCUT2D eigenvalue weighted by atomic mass is 10.8. The summed E-state index contributed by atoms with van der Waals surface area (Å²) in [4.78, 5) is 3.49. The zero-order valence-corrected chi connectivity index (χ0v) is 7.38. The van der Waals surface area contributed by atoms with Gasteiger partial charge in [-0.05, 0) is 0 Å². The maximum Gasteiger partial charge on any atom is 0.312 e. The van der Waals surface area contributed by atoms with E-state index >= 15 is 0 Å². The summed E-state index contributed by atoms with van der Waals surface area (Å²) >= 11 is -2.84. The van der Waals surface area contributed by atoms with Crippen molar-refractivity contribution in [2.24, 2.45) is 0 Å². The number of nitrogens with zero attached hydrogens (tertiary/aromatic N) is 2. The Morgan fingerprint density at radius 2 is 2.46 bits per heavy atom. The molecule has 0 fully saturated rings. The summed E-state index contributed by atoms with van der Waals surface area (Å²) in [6.45, 7) is -1.18. The summed E-state index contributed by atoms with van der Waals surface area (Å²) in [6, 6.07) is 0. The first-order valence-corrected chi connectivity index (χ1v) is 4.10. The number of hydrogen-bond acceptors (Lipinski definition) is 4. The maximum absolute atomic E-state index is 12.3. The van der Waals surface area contributed by atoms with E-state index in [1.807, 2.05) is 0 Å².